The molecule has 8 heteroatoms. The summed E-state index contributed by atoms with van der Waals surface area (Å²) in [7, 11) is 0. The van der Waals surface area contributed by atoms with Crippen molar-refractivity contribution in [2.45, 2.75) is 20.4 Å². The van der Waals surface area contributed by atoms with E-state index in [2.05, 4.69) is 32.6 Å². The highest BCUT2D eigenvalue weighted by atomic mass is 16.5. The molecule has 0 aliphatic rings. The second-order valence-electron chi connectivity index (χ2n) is 7.02. The quantitative estimate of drug-likeness (QED) is 0.488. The number of hydrogen-bond acceptors (Lipinski definition) is 5. The number of hydrogen-bond donors (Lipinski definition) is 2. The fraction of sp³-hybridized carbons (Fsp3) is 0.130. The van der Waals surface area contributed by atoms with Gasteiger partial charge in [0, 0.05) is 31.2 Å². The van der Waals surface area contributed by atoms with E-state index in [0.717, 1.165) is 16.9 Å². The van der Waals surface area contributed by atoms with Gasteiger partial charge in [-0.25, -0.2) is 19.4 Å². The number of rotatable bonds is 6. The van der Waals surface area contributed by atoms with Gasteiger partial charge in [0.15, 0.2) is 5.82 Å². The summed E-state index contributed by atoms with van der Waals surface area (Å²) < 4.78 is 7.43. The lowest BCUT2D eigenvalue weighted by molar-refractivity contribution is 0.251. The fourth-order valence-electron chi connectivity index (χ4n) is 2.83. The number of amides is 2. The summed E-state index contributed by atoms with van der Waals surface area (Å²) in [5.41, 5.74) is 3.80. The van der Waals surface area contributed by atoms with Gasteiger partial charge < -0.3 is 15.4 Å². The van der Waals surface area contributed by atoms with E-state index in [1.165, 1.54) is 5.56 Å². The Balaban J connectivity index is 1.28. The van der Waals surface area contributed by atoms with Crippen LogP contribution in [0.3, 0.4) is 0 Å². The Hall–Kier alpha value is -4.20. The van der Waals surface area contributed by atoms with E-state index in [1.54, 1.807) is 35.4 Å². The molecule has 0 bridgehead atoms. The van der Waals surface area contributed by atoms with Crippen molar-refractivity contribution in [3.63, 3.8) is 0 Å². The molecule has 2 amide bonds. The average Bonchev–Trinajstić information content (AvgIpc) is 3.32. The van der Waals surface area contributed by atoms with Crippen molar-refractivity contribution < 1.29 is 9.53 Å². The van der Waals surface area contributed by atoms with Crippen LogP contribution >= 0.6 is 0 Å². The largest absolute Gasteiger partial charge is 0.439 e. The van der Waals surface area contributed by atoms with Crippen molar-refractivity contribution in [3.8, 4) is 17.4 Å². The summed E-state index contributed by atoms with van der Waals surface area (Å²) in [6.07, 6.45) is 6.77. The topological polar surface area (TPSA) is 94.0 Å². The molecule has 31 heavy (non-hydrogen) atoms. The van der Waals surface area contributed by atoms with Gasteiger partial charge in [-0.15, -0.1) is 0 Å². The molecule has 4 rings (SSSR count). The summed E-state index contributed by atoms with van der Waals surface area (Å²) in [5.74, 6) is 1.89. The minimum absolute atomic E-state index is 0.333. The Morgan fingerprint density at radius 1 is 1.03 bits per heavy atom. The Labute approximate surface area is 179 Å². The normalized spacial score (nSPS) is 10.5. The van der Waals surface area contributed by atoms with E-state index in [1.807, 2.05) is 49.5 Å². The molecule has 4 aromatic rings. The second kappa shape index (κ2) is 9.08. The van der Waals surface area contributed by atoms with Crippen LogP contribution < -0.4 is 15.4 Å². The lowest BCUT2D eigenvalue weighted by atomic mass is 10.1. The molecule has 0 fully saturated rings. The predicted octanol–water partition coefficient (Wildman–Crippen LogP) is 4.39. The zero-order valence-electron chi connectivity index (χ0n) is 17.2. The molecule has 3 aromatic heterocycles. The van der Waals surface area contributed by atoms with Gasteiger partial charge in [0.25, 0.3) is 0 Å². The first-order chi connectivity index (χ1) is 15.1. The van der Waals surface area contributed by atoms with Gasteiger partial charge in [-0.05, 0) is 60.9 Å². The number of carbonyl (C=O) groups excluding carboxylic acids is 1. The summed E-state index contributed by atoms with van der Waals surface area (Å²) in [6.45, 7) is 4.43. The van der Waals surface area contributed by atoms with Gasteiger partial charge >= 0.3 is 6.03 Å². The van der Waals surface area contributed by atoms with Gasteiger partial charge in [-0.2, -0.15) is 5.10 Å². The fourth-order valence-corrected chi connectivity index (χ4v) is 2.83. The highest BCUT2D eigenvalue weighted by Crippen LogP contribution is 2.23. The molecular formula is C23H22N6O2. The van der Waals surface area contributed by atoms with E-state index < -0.39 is 0 Å². The van der Waals surface area contributed by atoms with Crippen LogP contribution in [0.1, 0.15) is 16.7 Å². The zero-order chi connectivity index (χ0) is 21.6. The smallest absolute Gasteiger partial charge is 0.319 e. The van der Waals surface area contributed by atoms with E-state index in [9.17, 15) is 4.79 Å². The monoisotopic (exact) mass is 414 g/mol. The first-order valence-corrected chi connectivity index (χ1v) is 9.78. The molecule has 2 N–H and O–H groups in total. The standard InChI is InChI=1S/C23H22N6O2/c1-16-4-7-20(12-17(16)2)31-22-9-6-19(15-25-22)28-23(30)26-14-18-5-8-21(24-13-18)29-11-3-10-27-29/h3-13,15H,14H2,1-2H3,(H2,26,28,30). The van der Waals surface area contributed by atoms with Crippen molar-refractivity contribution in [2.24, 2.45) is 0 Å². The maximum atomic E-state index is 12.2. The van der Waals surface area contributed by atoms with Crippen LogP contribution in [0.5, 0.6) is 11.6 Å². The number of ether oxygens (including phenoxy) is 1. The van der Waals surface area contributed by atoms with Crippen LogP contribution in [-0.4, -0.2) is 25.8 Å². The van der Waals surface area contributed by atoms with Gasteiger partial charge in [0.05, 0.1) is 11.9 Å². The summed E-state index contributed by atoms with van der Waals surface area (Å²) in [6, 6.07) is 14.6. The number of aryl methyl sites for hydroxylation is 2. The molecule has 3 heterocycles. The third-order valence-corrected chi connectivity index (χ3v) is 4.70. The molecule has 0 unspecified atom stereocenters. The Morgan fingerprint density at radius 3 is 2.61 bits per heavy atom. The number of benzene rings is 1. The molecular weight excluding hydrogens is 392 g/mol. The second-order valence-corrected chi connectivity index (χ2v) is 7.02. The SMILES string of the molecule is Cc1ccc(Oc2ccc(NC(=O)NCc3ccc(-n4cccn4)nc3)cn2)cc1C. The summed E-state index contributed by atoms with van der Waals surface area (Å²) in [4.78, 5) is 20.8. The zero-order valence-corrected chi connectivity index (χ0v) is 17.2. The number of aromatic nitrogens is 4. The molecule has 0 saturated heterocycles. The number of carbonyl (C=O) groups is 1. The first kappa shape index (κ1) is 20.1. The number of nitrogens with one attached hydrogen (secondary N) is 2. The van der Waals surface area contributed by atoms with Crippen molar-refractivity contribution in [3.05, 3.63) is 90.0 Å². The van der Waals surface area contributed by atoms with E-state index >= 15 is 0 Å². The summed E-state index contributed by atoms with van der Waals surface area (Å²) in [5, 5.41) is 9.68. The van der Waals surface area contributed by atoms with Crippen molar-refractivity contribution in [2.75, 3.05) is 5.32 Å². The van der Waals surface area contributed by atoms with Crippen LogP contribution in [0.4, 0.5) is 10.5 Å². The number of anilines is 1. The van der Waals surface area contributed by atoms with Crippen LogP contribution in [0, 0.1) is 13.8 Å². The van der Waals surface area contributed by atoms with Crippen LogP contribution in [0.2, 0.25) is 0 Å². The van der Waals surface area contributed by atoms with Crippen molar-refractivity contribution >= 4 is 11.7 Å². The lowest BCUT2D eigenvalue weighted by Crippen LogP contribution is -2.28. The number of pyridine rings is 2. The minimum Gasteiger partial charge on any atom is -0.439 e. The molecule has 1 aromatic carbocycles. The minimum atomic E-state index is -0.333. The molecule has 0 radical (unpaired) electrons. The molecule has 0 aliphatic heterocycles. The van der Waals surface area contributed by atoms with Crippen LogP contribution in [0.25, 0.3) is 5.82 Å². The van der Waals surface area contributed by atoms with Gasteiger partial charge in [-0.1, -0.05) is 12.1 Å². The molecule has 156 valence electrons. The van der Waals surface area contributed by atoms with Crippen molar-refractivity contribution in [1.82, 2.24) is 25.1 Å². The molecule has 0 atom stereocenters. The molecule has 0 spiro atoms. The van der Waals surface area contributed by atoms with E-state index in [-0.39, 0.29) is 6.03 Å². The molecule has 0 saturated carbocycles. The van der Waals surface area contributed by atoms with E-state index in [4.69, 9.17) is 4.74 Å². The third kappa shape index (κ3) is 5.24. The number of urea groups is 1. The van der Waals surface area contributed by atoms with Crippen molar-refractivity contribution in [1.29, 1.82) is 0 Å². The molecule has 8 nitrogen and oxygen atoms in total. The Bertz CT molecular complexity index is 1160. The maximum absolute atomic E-state index is 12.2. The average molecular weight is 414 g/mol. The Kier molecular flexibility index (Phi) is 5.89. The first-order valence-electron chi connectivity index (χ1n) is 9.78. The highest BCUT2D eigenvalue weighted by molar-refractivity contribution is 5.88. The van der Waals surface area contributed by atoms with Crippen LogP contribution in [-0.2, 0) is 6.54 Å². The van der Waals surface area contributed by atoms with Gasteiger partial charge in [-0.3, -0.25) is 0 Å². The highest BCUT2D eigenvalue weighted by Gasteiger charge is 2.05. The maximum Gasteiger partial charge on any atom is 0.319 e. The van der Waals surface area contributed by atoms with Gasteiger partial charge in [0.1, 0.15) is 5.75 Å². The summed E-state index contributed by atoms with van der Waals surface area (Å²) >= 11 is 0. The van der Waals surface area contributed by atoms with E-state index in [0.29, 0.717) is 23.9 Å². The third-order valence-electron chi connectivity index (χ3n) is 4.70. The lowest BCUT2D eigenvalue weighted by Gasteiger charge is -2.10. The predicted molar refractivity (Wildman–Crippen MR) is 117 cm³/mol. The Morgan fingerprint density at radius 2 is 1.94 bits per heavy atom. The van der Waals surface area contributed by atoms with Gasteiger partial charge in [0.2, 0.25) is 5.88 Å². The number of nitrogens with zero attached hydrogens (tertiary/aromatic N) is 4. The molecule has 0 aliphatic carbocycles. The van der Waals surface area contributed by atoms with Crippen LogP contribution in [0.15, 0.2) is 73.3 Å².